The largest absolute Gasteiger partial charge is 0.495 e. The minimum absolute atomic E-state index is 0. The van der Waals surface area contributed by atoms with Crippen molar-refractivity contribution in [2.45, 2.75) is 13.0 Å². The summed E-state index contributed by atoms with van der Waals surface area (Å²) in [5.74, 6) is 1.88. The molecule has 8 heteroatoms. The van der Waals surface area contributed by atoms with E-state index in [1.165, 1.54) is 11.3 Å². The standard InChI is InChI=1S/C27H33N3O2.3ClH/c1-31-27-11-6-5-10-26(27)30-19-17-29(18-20-30)16-7-21-32-25-14-12-24(13-15-25)28-22-23-8-3-2-4-9-23;;;/h2-6,8-15,28H,7,16-22H2,1H3;3*1H. The van der Waals surface area contributed by atoms with Crippen LogP contribution < -0.4 is 19.7 Å². The number of rotatable bonds is 10. The summed E-state index contributed by atoms with van der Waals surface area (Å²) >= 11 is 0. The highest BCUT2D eigenvalue weighted by molar-refractivity contribution is 5.86. The summed E-state index contributed by atoms with van der Waals surface area (Å²) in [6, 6.07) is 26.9. The Bertz CT molecular complexity index is 953. The van der Waals surface area contributed by atoms with Gasteiger partial charge in [-0.1, -0.05) is 42.5 Å². The van der Waals surface area contributed by atoms with Gasteiger partial charge in [0.05, 0.1) is 19.4 Å². The average molecular weight is 541 g/mol. The number of hydrogen-bond acceptors (Lipinski definition) is 5. The lowest BCUT2D eigenvalue weighted by Crippen LogP contribution is -2.46. The fourth-order valence-corrected chi connectivity index (χ4v) is 4.05. The van der Waals surface area contributed by atoms with Gasteiger partial charge in [0.25, 0.3) is 0 Å². The molecule has 5 nitrogen and oxygen atoms in total. The lowest BCUT2D eigenvalue weighted by Gasteiger charge is -2.36. The molecule has 0 aromatic heterocycles. The highest BCUT2D eigenvalue weighted by Crippen LogP contribution is 2.28. The van der Waals surface area contributed by atoms with Gasteiger partial charge < -0.3 is 19.7 Å². The van der Waals surface area contributed by atoms with E-state index in [0.29, 0.717) is 0 Å². The summed E-state index contributed by atoms with van der Waals surface area (Å²) in [5.41, 5.74) is 3.57. The number of nitrogens with zero attached hydrogens (tertiary/aromatic N) is 2. The Balaban J connectivity index is 0.00000204. The molecule has 0 saturated carbocycles. The highest BCUT2D eigenvalue weighted by atomic mass is 35.5. The number of hydrogen-bond donors (Lipinski definition) is 1. The second kappa shape index (κ2) is 16.4. The van der Waals surface area contributed by atoms with Crippen molar-refractivity contribution in [1.82, 2.24) is 4.90 Å². The Hall–Kier alpha value is -2.31. The molecule has 0 bridgehead atoms. The van der Waals surface area contributed by atoms with Crippen LogP contribution in [0, 0.1) is 0 Å². The second-order valence-electron chi connectivity index (χ2n) is 8.07. The van der Waals surface area contributed by atoms with Crippen molar-refractivity contribution >= 4 is 48.6 Å². The van der Waals surface area contributed by atoms with Crippen LogP contribution in [-0.2, 0) is 6.54 Å². The van der Waals surface area contributed by atoms with Gasteiger partial charge in [-0.2, -0.15) is 0 Å². The van der Waals surface area contributed by atoms with Crippen molar-refractivity contribution in [3.63, 3.8) is 0 Å². The number of methoxy groups -OCH3 is 1. The predicted molar refractivity (Wildman–Crippen MR) is 154 cm³/mol. The van der Waals surface area contributed by atoms with E-state index in [0.717, 1.165) is 69.5 Å². The number of para-hydroxylation sites is 2. The first-order valence-corrected chi connectivity index (χ1v) is 11.4. The molecule has 35 heavy (non-hydrogen) atoms. The van der Waals surface area contributed by atoms with Gasteiger partial charge in [-0.25, -0.2) is 0 Å². The van der Waals surface area contributed by atoms with E-state index < -0.39 is 0 Å². The van der Waals surface area contributed by atoms with Gasteiger partial charge in [-0.3, -0.25) is 4.90 Å². The lowest BCUT2D eigenvalue weighted by atomic mass is 10.2. The van der Waals surface area contributed by atoms with Gasteiger partial charge in [0.2, 0.25) is 0 Å². The van der Waals surface area contributed by atoms with Crippen LogP contribution in [0.25, 0.3) is 0 Å². The molecular formula is C27H36Cl3N3O2. The van der Waals surface area contributed by atoms with Crippen molar-refractivity contribution in [3.05, 3.63) is 84.4 Å². The molecule has 0 spiro atoms. The molecule has 0 aliphatic carbocycles. The summed E-state index contributed by atoms with van der Waals surface area (Å²) in [7, 11) is 1.74. The molecule has 3 aromatic carbocycles. The molecule has 0 amide bonds. The summed E-state index contributed by atoms with van der Waals surface area (Å²) in [4.78, 5) is 4.94. The van der Waals surface area contributed by atoms with Gasteiger partial charge in [-0.15, -0.1) is 37.2 Å². The van der Waals surface area contributed by atoms with Crippen LogP contribution in [-0.4, -0.2) is 51.3 Å². The molecule has 1 aliphatic rings. The van der Waals surface area contributed by atoms with Crippen LogP contribution in [0.5, 0.6) is 11.5 Å². The van der Waals surface area contributed by atoms with Gasteiger partial charge in [0.1, 0.15) is 11.5 Å². The van der Waals surface area contributed by atoms with Crippen LogP contribution >= 0.6 is 37.2 Å². The molecule has 0 unspecified atom stereocenters. The van der Waals surface area contributed by atoms with Gasteiger partial charge in [0.15, 0.2) is 0 Å². The number of benzene rings is 3. The highest BCUT2D eigenvalue weighted by Gasteiger charge is 2.19. The fraction of sp³-hybridized carbons (Fsp3) is 0.333. The van der Waals surface area contributed by atoms with E-state index in [1.54, 1.807) is 7.11 Å². The zero-order chi connectivity index (χ0) is 22.0. The monoisotopic (exact) mass is 539 g/mol. The molecular weight excluding hydrogens is 505 g/mol. The van der Waals surface area contributed by atoms with E-state index in [2.05, 4.69) is 63.6 Å². The van der Waals surface area contributed by atoms with Crippen molar-refractivity contribution in [2.24, 2.45) is 0 Å². The molecule has 0 atom stereocenters. The molecule has 3 aromatic rings. The van der Waals surface area contributed by atoms with Gasteiger partial charge >= 0.3 is 0 Å². The van der Waals surface area contributed by atoms with E-state index in [-0.39, 0.29) is 37.2 Å². The number of anilines is 2. The zero-order valence-electron chi connectivity index (χ0n) is 20.1. The number of piperazine rings is 1. The maximum absolute atomic E-state index is 5.95. The molecule has 1 fully saturated rings. The number of halogens is 3. The van der Waals surface area contributed by atoms with Gasteiger partial charge in [0, 0.05) is 45.0 Å². The second-order valence-corrected chi connectivity index (χ2v) is 8.07. The first kappa shape index (κ1) is 30.7. The van der Waals surface area contributed by atoms with E-state index in [9.17, 15) is 0 Å². The molecule has 4 rings (SSSR count). The smallest absolute Gasteiger partial charge is 0.142 e. The maximum Gasteiger partial charge on any atom is 0.142 e. The predicted octanol–water partition coefficient (Wildman–Crippen LogP) is 6.16. The Kier molecular flexibility index (Phi) is 14.4. The Morgan fingerprint density at radius 3 is 2.11 bits per heavy atom. The molecule has 0 radical (unpaired) electrons. The first-order valence-electron chi connectivity index (χ1n) is 11.4. The molecule has 1 heterocycles. The van der Waals surface area contributed by atoms with E-state index >= 15 is 0 Å². The Labute approximate surface area is 228 Å². The molecule has 1 N–H and O–H groups in total. The first-order chi connectivity index (χ1) is 15.8. The average Bonchev–Trinajstić information content (AvgIpc) is 2.87. The summed E-state index contributed by atoms with van der Waals surface area (Å²) in [6.07, 6.45) is 1.03. The van der Waals surface area contributed by atoms with Crippen LogP contribution in [0.3, 0.4) is 0 Å². The van der Waals surface area contributed by atoms with Crippen molar-refractivity contribution in [1.29, 1.82) is 0 Å². The minimum Gasteiger partial charge on any atom is -0.495 e. The third-order valence-corrected chi connectivity index (χ3v) is 5.88. The van der Waals surface area contributed by atoms with Crippen molar-refractivity contribution < 1.29 is 9.47 Å². The fourth-order valence-electron chi connectivity index (χ4n) is 4.05. The third-order valence-electron chi connectivity index (χ3n) is 5.88. The normalized spacial score (nSPS) is 13.0. The van der Waals surface area contributed by atoms with Crippen LogP contribution in [0.4, 0.5) is 11.4 Å². The van der Waals surface area contributed by atoms with Crippen molar-refractivity contribution in [2.75, 3.05) is 56.7 Å². The van der Waals surface area contributed by atoms with Crippen LogP contribution in [0.2, 0.25) is 0 Å². The zero-order valence-corrected chi connectivity index (χ0v) is 22.5. The summed E-state index contributed by atoms with van der Waals surface area (Å²) in [5, 5.41) is 3.45. The molecule has 192 valence electrons. The quantitative estimate of drug-likeness (QED) is 0.312. The van der Waals surface area contributed by atoms with E-state index in [4.69, 9.17) is 9.47 Å². The lowest BCUT2D eigenvalue weighted by molar-refractivity contribution is 0.224. The SMILES string of the molecule is COc1ccccc1N1CCN(CCCOc2ccc(NCc3ccccc3)cc2)CC1.Cl.Cl.Cl. The number of ether oxygens (including phenoxy) is 2. The van der Waals surface area contributed by atoms with Crippen molar-refractivity contribution in [3.8, 4) is 11.5 Å². The minimum atomic E-state index is 0. The Morgan fingerprint density at radius 1 is 0.771 bits per heavy atom. The van der Waals surface area contributed by atoms with E-state index in [1.807, 2.05) is 30.3 Å². The van der Waals surface area contributed by atoms with Crippen LogP contribution in [0.15, 0.2) is 78.9 Å². The maximum atomic E-state index is 5.95. The number of nitrogens with one attached hydrogen (secondary N) is 1. The summed E-state index contributed by atoms with van der Waals surface area (Å²) in [6.45, 7) is 6.82. The topological polar surface area (TPSA) is 37.0 Å². The molecule has 1 saturated heterocycles. The third kappa shape index (κ3) is 9.34. The Morgan fingerprint density at radius 2 is 1.43 bits per heavy atom. The molecule has 1 aliphatic heterocycles. The van der Waals surface area contributed by atoms with Gasteiger partial charge in [-0.05, 0) is 48.4 Å². The summed E-state index contributed by atoms with van der Waals surface area (Å²) < 4.78 is 11.5. The van der Waals surface area contributed by atoms with Crippen LogP contribution in [0.1, 0.15) is 12.0 Å².